The molecule has 0 aliphatic heterocycles. The van der Waals surface area contributed by atoms with Gasteiger partial charge in [-0.15, -0.1) is 0 Å². The molecule has 88 valence electrons. The maximum atomic E-state index is 11.6. The number of carbonyl (C=O) groups is 1. The molecule has 1 aromatic carbocycles. The summed E-state index contributed by atoms with van der Waals surface area (Å²) in [4.78, 5) is 11.6. The van der Waals surface area contributed by atoms with Gasteiger partial charge in [0.15, 0.2) is 11.5 Å². The van der Waals surface area contributed by atoms with Gasteiger partial charge in [-0.05, 0) is 24.6 Å². The fraction of sp³-hybridized carbons (Fsp3) is 0.417. The normalized spacial score (nSPS) is 9.69. The molecule has 0 aromatic heterocycles. The first kappa shape index (κ1) is 12.4. The van der Waals surface area contributed by atoms with E-state index in [-0.39, 0.29) is 5.97 Å². The van der Waals surface area contributed by atoms with E-state index in [4.69, 9.17) is 14.2 Å². The molecule has 0 aliphatic rings. The summed E-state index contributed by atoms with van der Waals surface area (Å²) in [5, 5.41) is 0. The summed E-state index contributed by atoms with van der Waals surface area (Å²) in [5.74, 6) is 0.769. The fourth-order valence-electron chi connectivity index (χ4n) is 1.24. The molecular weight excluding hydrogens is 208 g/mol. The van der Waals surface area contributed by atoms with Crippen molar-refractivity contribution in [1.29, 1.82) is 0 Å². The molecule has 4 heteroatoms. The summed E-state index contributed by atoms with van der Waals surface area (Å²) in [6.45, 7) is 2.37. The Kier molecular flexibility index (Phi) is 4.64. The molecule has 0 saturated heterocycles. The Balaban J connectivity index is 2.85. The number of hydrogen-bond acceptors (Lipinski definition) is 4. The summed E-state index contributed by atoms with van der Waals surface area (Å²) < 4.78 is 15.2. The summed E-state index contributed by atoms with van der Waals surface area (Å²) in [5.41, 5.74) is 0.464. The molecule has 0 unspecified atom stereocenters. The van der Waals surface area contributed by atoms with Crippen molar-refractivity contribution in [3.63, 3.8) is 0 Å². The molecule has 0 spiro atoms. The van der Waals surface area contributed by atoms with E-state index in [1.165, 1.54) is 7.11 Å². The number of benzene rings is 1. The lowest BCUT2D eigenvalue weighted by Crippen LogP contribution is -2.06. The van der Waals surface area contributed by atoms with Crippen LogP contribution in [0.4, 0.5) is 0 Å². The van der Waals surface area contributed by atoms with Gasteiger partial charge in [-0.25, -0.2) is 4.79 Å². The Morgan fingerprint density at radius 2 is 1.88 bits per heavy atom. The molecule has 0 heterocycles. The van der Waals surface area contributed by atoms with E-state index in [0.29, 0.717) is 23.7 Å². The first-order valence-electron chi connectivity index (χ1n) is 5.12. The molecule has 16 heavy (non-hydrogen) atoms. The minimum atomic E-state index is -0.345. The van der Waals surface area contributed by atoms with Crippen LogP contribution in [0.3, 0.4) is 0 Å². The molecule has 4 nitrogen and oxygen atoms in total. The lowest BCUT2D eigenvalue weighted by Gasteiger charge is -2.09. The highest BCUT2D eigenvalue weighted by Crippen LogP contribution is 2.27. The second-order valence-electron chi connectivity index (χ2n) is 3.21. The van der Waals surface area contributed by atoms with Crippen molar-refractivity contribution < 1.29 is 19.0 Å². The molecule has 0 fully saturated rings. The van der Waals surface area contributed by atoms with Crippen molar-refractivity contribution in [2.45, 2.75) is 13.3 Å². The van der Waals surface area contributed by atoms with Gasteiger partial charge in [-0.2, -0.15) is 0 Å². The highest BCUT2D eigenvalue weighted by molar-refractivity contribution is 5.90. The van der Waals surface area contributed by atoms with Crippen LogP contribution in [0.15, 0.2) is 18.2 Å². The van der Waals surface area contributed by atoms with E-state index in [2.05, 4.69) is 0 Å². The van der Waals surface area contributed by atoms with Crippen LogP contribution >= 0.6 is 0 Å². The Hall–Kier alpha value is -1.71. The van der Waals surface area contributed by atoms with Crippen LogP contribution in [-0.2, 0) is 4.74 Å². The quantitative estimate of drug-likeness (QED) is 0.720. The monoisotopic (exact) mass is 224 g/mol. The van der Waals surface area contributed by atoms with Crippen molar-refractivity contribution in [3.8, 4) is 11.5 Å². The SMILES string of the molecule is CCCOC(=O)c1ccc(OC)c(OC)c1. The van der Waals surface area contributed by atoms with Crippen molar-refractivity contribution in [1.82, 2.24) is 0 Å². The van der Waals surface area contributed by atoms with Gasteiger partial charge in [0.25, 0.3) is 0 Å². The summed E-state index contributed by atoms with van der Waals surface area (Å²) >= 11 is 0. The number of ether oxygens (including phenoxy) is 3. The van der Waals surface area contributed by atoms with Gasteiger partial charge in [-0.3, -0.25) is 0 Å². The van der Waals surface area contributed by atoms with Crippen molar-refractivity contribution >= 4 is 5.97 Å². The number of hydrogen-bond donors (Lipinski definition) is 0. The summed E-state index contributed by atoms with van der Waals surface area (Å²) in [6, 6.07) is 4.94. The minimum Gasteiger partial charge on any atom is -0.493 e. The van der Waals surface area contributed by atoms with Gasteiger partial charge in [-0.1, -0.05) is 6.92 Å². The van der Waals surface area contributed by atoms with Crippen LogP contribution in [0, 0.1) is 0 Å². The Morgan fingerprint density at radius 1 is 1.19 bits per heavy atom. The van der Waals surface area contributed by atoms with Gasteiger partial charge >= 0.3 is 5.97 Å². The van der Waals surface area contributed by atoms with E-state index in [9.17, 15) is 4.79 Å². The zero-order chi connectivity index (χ0) is 12.0. The molecule has 0 N–H and O–H groups in total. The average Bonchev–Trinajstić information content (AvgIpc) is 2.34. The van der Waals surface area contributed by atoms with Crippen molar-refractivity contribution in [3.05, 3.63) is 23.8 Å². The van der Waals surface area contributed by atoms with Crippen molar-refractivity contribution in [2.24, 2.45) is 0 Å². The Bertz CT molecular complexity index is 360. The predicted molar refractivity (Wildman–Crippen MR) is 60.1 cm³/mol. The van der Waals surface area contributed by atoms with Gasteiger partial charge in [0.1, 0.15) is 0 Å². The smallest absolute Gasteiger partial charge is 0.338 e. The first-order chi connectivity index (χ1) is 7.72. The molecule has 0 aliphatic carbocycles. The maximum absolute atomic E-state index is 11.6. The largest absolute Gasteiger partial charge is 0.493 e. The fourth-order valence-corrected chi connectivity index (χ4v) is 1.24. The predicted octanol–water partition coefficient (Wildman–Crippen LogP) is 2.27. The second kappa shape index (κ2) is 6.00. The Labute approximate surface area is 95.1 Å². The molecule has 1 rings (SSSR count). The Morgan fingerprint density at radius 3 is 2.44 bits per heavy atom. The van der Waals surface area contributed by atoms with E-state index >= 15 is 0 Å². The number of rotatable bonds is 5. The topological polar surface area (TPSA) is 44.8 Å². The third kappa shape index (κ3) is 2.89. The van der Waals surface area contributed by atoms with Crippen LogP contribution in [0.1, 0.15) is 23.7 Å². The van der Waals surface area contributed by atoms with E-state index < -0.39 is 0 Å². The van der Waals surface area contributed by atoms with Crippen LogP contribution in [-0.4, -0.2) is 26.8 Å². The first-order valence-corrected chi connectivity index (χ1v) is 5.12. The van der Waals surface area contributed by atoms with E-state index in [1.807, 2.05) is 6.92 Å². The minimum absolute atomic E-state index is 0.345. The molecule has 0 bridgehead atoms. The van der Waals surface area contributed by atoms with Gasteiger partial charge in [0, 0.05) is 0 Å². The highest BCUT2D eigenvalue weighted by Gasteiger charge is 2.11. The van der Waals surface area contributed by atoms with E-state index in [0.717, 1.165) is 6.42 Å². The highest BCUT2D eigenvalue weighted by atomic mass is 16.5. The zero-order valence-electron chi connectivity index (χ0n) is 9.78. The molecule has 0 radical (unpaired) electrons. The second-order valence-corrected chi connectivity index (χ2v) is 3.21. The number of carbonyl (C=O) groups excluding carboxylic acids is 1. The molecule has 1 aromatic rings. The molecule has 0 atom stereocenters. The average molecular weight is 224 g/mol. The summed E-state index contributed by atoms with van der Waals surface area (Å²) in [6.07, 6.45) is 0.805. The third-order valence-corrected chi connectivity index (χ3v) is 2.06. The van der Waals surface area contributed by atoms with Crippen LogP contribution < -0.4 is 9.47 Å². The van der Waals surface area contributed by atoms with Gasteiger partial charge in [0.2, 0.25) is 0 Å². The number of methoxy groups -OCH3 is 2. The van der Waals surface area contributed by atoms with Crippen LogP contribution in [0.5, 0.6) is 11.5 Å². The molecule has 0 saturated carbocycles. The standard InChI is InChI=1S/C12H16O4/c1-4-7-16-12(13)9-5-6-10(14-2)11(8-9)15-3/h5-6,8H,4,7H2,1-3H3. The summed E-state index contributed by atoms with van der Waals surface area (Å²) in [7, 11) is 3.08. The third-order valence-electron chi connectivity index (χ3n) is 2.06. The van der Waals surface area contributed by atoms with Crippen LogP contribution in [0.25, 0.3) is 0 Å². The molecular formula is C12H16O4. The van der Waals surface area contributed by atoms with Crippen LogP contribution in [0.2, 0.25) is 0 Å². The van der Waals surface area contributed by atoms with E-state index in [1.54, 1.807) is 25.3 Å². The zero-order valence-corrected chi connectivity index (χ0v) is 9.78. The number of esters is 1. The lowest BCUT2D eigenvalue weighted by molar-refractivity contribution is 0.0504. The van der Waals surface area contributed by atoms with Gasteiger partial charge < -0.3 is 14.2 Å². The van der Waals surface area contributed by atoms with Crippen molar-refractivity contribution in [2.75, 3.05) is 20.8 Å². The van der Waals surface area contributed by atoms with Gasteiger partial charge in [0.05, 0.1) is 26.4 Å². The lowest BCUT2D eigenvalue weighted by atomic mass is 10.2. The molecule has 0 amide bonds. The maximum Gasteiger partial charge on any atom is 0.338 e.